The van der Waals surface area contributed by atoms with Crippen molar-refractivity contribution in [2.24, 2.45) is 0 Å². The SMILES string of the molecule is Cc1ccc(C(C)C)cc1OP(=S)(Cl)Cl. The summed E-state index contributed by atoms with van der Waals surface area (Å²) in [4.78, 5) is -2.69. The molecule has 0 spiro atoms. The standard InChI is InChI=1S/C10H13Cl2OPS/c1-7(2)9-5-4-8(3)10(6-9)13-14(11,12)15/h4-7H,1-3H3. The second-order valence-corrected chi connectivity index (χ2v) is 10.8. The maximum absolute atomic E-state index is 5.74. The molecule has 84 valence electrons. The molecule has 15 heavy (non-hydrogen) atoms. The van der Waals surface area contributed by atoms with Crippen molar-refractivity contribution in [2.75, 3.05) is 0 Å². The minimum atomic E-state index is -2.69. The summed E-state index contributed by atoms with van der Waals surface area (Å²) in [5, 5.41) is 0. The van der Waals surface area contributed by atoms with E-state index in [1.165, 1.54) is 5.56 Å². The van der Waals surface area contributed by atoms with Crippen molar-refractivity contribution in [3.05, 3.63) is 29.3 Å². The zero-order chi connectivity index (χ0) is 11.6. The van der Waals surface area contributed by atoms with Crippen LogP contribution < -0.4 is 4.52 Å². The Labute approximate surface area is 105 Å². The molecule has 0 aliphatic rings. The van der Waals surface area contributed by atoms with Crippen LogP contribution in [-0.2, 0) is 11.8 Å². The van der Waals surface area contributed by atoms with Gasteiger partial charge in [0.05, 0.1) is 0 Å². The molecule has 0 amide bonds. The van der Waals surface area contributed by atoms with E-state index in [0.717, 1.165) is 5.56 Å². The molecule has 0 fully saturated rings. The van der Waals surface area contributed by atoms with E-state index in [9.17, 15) is 0 Å². The van der Waals surface area contributed by atoms with Crippen LogP contribution in [0, 0.1) is 6.92 Å². The molecule has 0 N–H and O–H groups in total. The monoisotopic (exact) mass is 282 g/mol. The number of aryl methyl sites for hydroxylation is 1. The van der Waals surface area contributed by atoms with Crippen molar-refractivity contribution in [2.45, 2.75) is 26.7 Å². The molecule has 1 aromatic rings. The van der Waals surface area contributed by atoms with E-state index in [0.29, 0.717) is 11.7 Å². The van der Waals surface area contributed by atoms with Gasteiger partial charge in [-0.3, -0.25) is 0 Å². The highest BCUT2D eigenvalue weighted by molar-refractivity contribution is 8.36. The number of halogens is 2. The van der Waals surface area contributed by atoms with Crippen LogP contribution in [-0.4, -0.2) is 0 Å². The van der Waals surface area contributed by atoms with Crippen LogP contribution >= 0.6 is 27.5 Å². The minimum Gasteiger partial charge on any atom is -0.441 e. The van der Waals surface area contributed by atoms with Gasteiger partial charge in [0.2, 0.25) is 0 Å². The average molecular weight is 283 g/mol. The first kappa shape index (κ1) is 13.3. The van der Waals surface area contributed by atoms with Crippen LogP contribution in [0.5, 0.6) is 5.75 Å². The van der Waals surface area contributed by atoms with E-state index in [1.807, 2.05) is 19.1 Å². The van der Waals surface area contributed by atoms with E-state index >= 15 is 0 Å². The summed E-state index contributed by atoms with van der Waals surface area (Å²) < 4.78 is 5.38. The van der Waals surface area contributed by atoms with Crippen LogP contribution in [0.4, 0.5) is 0 Å². The summed E-state index contributed by atoms with van der Waals surface area (Å²) in [6.45, 7) is 6.18. The van der Waals surface area contributed by atoms with Crippen molar-refractivity contribution in [1.82, 2.24) is 0 Å². The molecule has 0 aliphatic carbocycles. The van der Waals surface area contributed by atoms with Crippen LogP contribution in [0.15, 0.2) is 18.2 Å². The minimum absolute atomic E-state index is 0.441. The molecule has 1 aromatic carbocycles. The summed E-state index contributed by atoms with van der Waals surface area (Å²) >= 11 is 16.3. The van der Waals surface area contributed by atoms with Gasteiger partial charge in [-0.15, -0.1) is 0 Å². The van der Waals surface area contributed by atoms with E-state index in [2.05, 4.69) is 19.9 Å². The highest BCUT2D eigenvalue weighted by Gasteiger charge is 2.13. The van der Waals surface area contributed by atoms with Crippen molar-refractivity contribution < 1.29 is 4.52 Å². The summed E-state index contributed by atoms with van der Waals surface area (Å²) in [6.07, 6.45) is 0. The van der Waals surface area contributed by atoms with Crippen LogP contribution in [0.25, 0.3) is 0 Å². The Bertz CT molecular complexity index is 400. The van der Waals surface area contributed by atoms with Gasteiger partial charge in [-0.2, -0.15) is 0 Å². The fraction of sp³-hybridized carbons (Fsp3) is 0.400. The van der Waals surface area contributed by atoms with Gasteiger partial charge in [0, 0.05) is 0 Å². The predicted molar refractivity (Wildman–Crippen MR) is 71.9 cm³/mol. The molecule has 0 unspecified atom stereocenters. The Morgan fingerprint density at radius 2 is 1.93 bits per heavy atom. The van der Waals surface area contributed by atoms with Gasteiger partial charge in [0.25, 0.3) is 4.97 Å². The fourth-order valence-corrected chi connectivity index (χ4v) is 2.30. The lowest BCUT2D eigenvalue weighted by Gasteiger charge is -2.14. The molecular weight excluding hydrogens is 270 g/mol. The predicted octanol–water partition coefficient (Wildman–Crippen LogP) is 5.20. The molecule has 0 aliphatic heterocycles. The number of hydrogen-bond acceptors (Lipinski definition) is 2. The molecule has 0 saturated heterocycles. The van der Waals surface area contributed by atoms with Gasteiger partial charge in [-0.25, -0.2) is 0 Å². The van der Waals surface area contributed by atoms with Crippen LogP contribution in [0.1, 0.15) is 30.9 Å². The van der Waals surface area contributed by atoms with Crippen LogP contribution in [0.2, 0.25) is 0 Å². The highest BCUT2D eigenvalue weighted by Crippen LogP contribution is 2.58. The Morgan fingerprint density at radius 3 is 2.40 bits per heavy atom. The maximum Gasteiger partial charge on any atom is 0.289 e. The fourth-order valence-electron chi connectivity index (χ4n) is 1.19. The lowest BCUT2D eigenvalue weighted by Crippen LogP contribution is -1.91. The summed E-state index contributed by atoms with van der Waals surface area (Å²) in [6, 6.07) is 6.01. The number of rotatable bonds is 3. The van der Waals surface area contributed by atoms with Crippen LogP contribution in [0.3, 0.4) is 0 Å². The van der Waals surface area contributed by atoms with E-state index in [4.69, 9.17) is 38.8 Å². The maximum atomic E-state index is 5.74. The zero-order valence-electron chi connectivity index (χ0n) is 8.83. The molecule has 1 nitrogen and oxygen atoms in total. The summed E-state index contributed by atoms with van der Waals surface area (Å²) in [7, 11) is 0. The third-order valence-electron chi connectivity index (χ3n) is 2.08. The van der Waals surface area contributed by atoms with Crippen molar-refractivity contribution >= 4 is 39.3 Å². The third kappa shape index (κ3) is 4.32. The van der Waals surface area contributed by atoms with Crippen molar-refractivity contribution in [3.63, 3.8) is 0 Å². The smallest absolute Gasteiger partial charge is 0.289 e. The zero-order valence-corrected chi connectivity index (χ0v) is 12.1. The van der Waals surface area contributed by atoms with Crippen molar-refractivity contribution in [3.8, 4) is 5.75 Å². The lowest BCUT2D eigenvalue weighted by molar-refractivity contribution is 0.626. The molecule has 0 heterocycles. The summed E-state index contributed by atoms with van der Waals surface area (Å²) in [5.41, 5.74) is 2.18. The quantitative estimate of drug-likeness (QED) is 0.705. The van der Waals surface area contributed by atoms with Gasteiger partial charge in [0.15, 0.2) is 0 Å². The first-order chi connectivity index (χ1) is 6.79. The Kier molecular flexibility index (Phi) is 4.49. The third-order valence-corrected chi connectivity index (χ3v) is 3.13. The van der Waals surface area contributed by atoms with Gasteiger partial charge < -0.3 is 4.52 Å². The largest absolute Gasteiger partial charge is 0.441 e. The molecule has 0 atom stereocenters. The van der Waals surface area contributed by atoms with E-state index in [1.54, 1.807) is 0 Å². The number of benzene rings is 1. The van der Waals surface area contributed by atoms with E-state index < -0.39 is 4.97 Å². The lowest BCUT2D eigenvalue weighted by atomic mass is 10.0. The Morgan fingerprint density at radius 1 is 1.33 bits per heavy atom. The molecule has 0 saturated carbocycles. The second-order valence-electron chi connectivity index (χ2n) is 3.69. The van der Waals surface area contributed by atoms with Gasteiger partial charge in [-0.05, 0) is 64.3 Å². The summed E-state index contributed by atoms with van der Waals surface area (Å²) in [5.74, 6) is 1.13. The molecule has 1 rings (SSSR count). The topological polar surface area (TPSA) is 9.23 Å². The molecule has 5 heteroatoms. The first-order valence-corrected chi connectivity index (χ1v) is 9.12. The first-order valence-electron chi connectivity index (χ1n) is 4.59. The molecule has 0 aromatic heterocycles. The van der Waals surface area contributed by atoms with E-state index in [-0.39, 0.29) is 0 Å². The number of hydrogen-bond donors (Lipinski definition) is 0. The molecule has 0 bridgehead atoms. The molecule has 0 radical (unpaired) electrons. The average Bonchev–Trinajstić information content (AvgIpc) is 2.06. The van der Waals surface area contributed by atoms with Gasteiger partial charge >= 0.3 is 0 Å². The highest BCUT2D eigenvalue weighted by atomic mass is 35.9. The van der Waals surface area contributed by atoms with Crippen molar-refractivity contribution in [1.29, 1.82) is 0 Å². The normalized spacial score (nSPS) is 11.9. The Hall–Kier alpha value is 0.250. The molecular formula is C10H13Cl2OPS. The van der Waals surface area contributed by atoms with Gasteiger partial charge in [-0.1, -0.05) is 26.0 Å². The Balaban J connectivity index is 3.06. The van der Waals surface area contributed by atoms with Gasteiger partial charge in [0.1, 0.15) is 5.75 Å². The second kappa shape index (κ2) is 5.05.